The van der Waals surface area contributed by atoms with Gasteiger partial charge in [-0.25, -0.2) is 4.39 Å². The molecule has 0 radical (unpaired) electrons. The molecule has 0 fully saturated rings. The first-order valence-electron chi connectivity index (χ1n) is 6.77. The van der Waals surface area contributed by atoms with Crippen molar-refractivity contribution in [2.24, 2.45) is 0 Å². The van der Waals surface area contributed by atoms with Crippen LogP contribution >= 0.6 is 0 Å². The van der Waals surface area contributed by atoms with Crippen molar-refractivity contribution >= 4 is 0 Å². The molecule has 0 aliphatic heterocycles. The first kappa shape index (κ1) is 13.6. The highest BCUT2D eigenvalue weighted by Crippen LogP contribution is 2.16. The predicted molar refractivity (Wildman–Crippen MR) is 75.9 cm³/mol. The lowest BCUT2D eigenvalue weighted by atomic mass is 10.1. The van der Waals surface area contributed by atoms with Crippen molar-refractivity contribution in [3.05, 3.63) is 66.0 Å². The normalized spacial score (nSPS) is 10.4. The zero-order valence-electron chi connectivity index (χ0n) is 11.0. The summed E-state index contributed by atoms with van der Waals surface area (Å²) >= 11 is 0. The highest BCUT2D eigenvalue weighted by Gasteiger charge is 2.00. The molecule has 0 aliphatic rings. The molecule has 0 saturated heterocycles. The molecule has 0 spiro atoms. The fraction of sp³-hybridized carbons (Fsp3) is 0.294. The smallest absolute Gasteiger partial charge is 0.165 e. The second-order valence-corrected chi connectivity index (χ2v) is 4.58. The summed E-state index contributed by atoms with van der Waals surface area (Å²) in [6, 6.07) is 17.0. The van der Waals surface area contributed by atoms with Crippen LogP contribution in [0.4, 0.5) is 4.39 Å². The largest absolute Gasteiger partial charge is 0.491 e. The SMILES string of the molecule is Fc1ccccc1OCCCCCc1ccccc1. The van der Waals surface area contributed by atoms with Crippen molar-refractivity contribution in [1.29, 1.82) is 0 Å². The Bertz CT molecular complexity index is 482. The summed E-state index contributed by atoms with van der Waals surface area (Å²) < 4.78 is 18.7. The Labute approximate surface area is 114 Å². The van der Waals surface area contributed by atoms with Gasteiger partial charge in [0, 0.05) is 0 Å². The molecule has 0 unspecified atom stereocenters. The highest BCUT2D eigenvalue weighted by molar-refractivity contribution is 5.23. The number of para-hydroxylation sites is 1. The number of halogens is 1. The average molecular weight is 258 g/mol. The maximum absolute atomic E-state index is 13.3. The minimum Gasteiger partial charge on any atom is -0.491 e. The molecule has 0 aliphatic carbocycles. The second kappa shape index (κ2) is 7.57. The van der Waals surface area contributed by atoms with Gasteiger partial charge in [-0.1, -0.05) is 42.5 Å². The topological polar surface area (TPSA) is 9.23 Å². The van der Waals surface area contributed by atoms with E-state index >= 15 is 0 Å². The number of hydrogen-bond donors (Lipinski definition) is 0. The van der Waals surface area contributed by atoms with Gasteiger partial charge in [-0.3, -0.25) is 0 Å². The van der Waals surface area contributed by atoms with Crippen LogP contribution in [0, 0.1) is 5.82 Å². The highest BCUT2D eigenvalue weighted by atomic mass is 19.1. The zero-order valence-corrected chi connectivity index (χ0v) is 11.0. The van der Waals surface area contributed by atoms with Crippen LogP contribution in [-0.4, -0.2) is 6.61 Å². The van der Waals surface area contributed by atoms with E-state index in [-0.39, 0.29) is 5.82 Å². The van der Waals surface area contributed by atoms with Gasteiger partial charge in [-0.2, -0.15) is 0 Å². The molecule has 1 nitrogen and oxygen atoms in total. The molecule has 19 heavy (non-hydrogen) atoms. The molecule has 0 atom stereocenters. The molecule has 2 aromatic carbocycles. The number of unbranched alkanes of at least 4 members (excludes halogenated alkanes) is 2. The summed E-state index contributed by atoms with van der Waals surface area (Å²) in [5.41, 5.74) is 1.37. The van der Waals surface area contributed by atoms with Crippen LogP contribution in [0.3, 0.4) is 0 Å². The molecule has 2 rings (SSSR count). The van der Waals surface area contributed by atoms with Crippen molar-refractivity contribution in [3.8, 4) is 5.75 Å². The molecule has 0 amide bonds. The fourth-order valence-corrected chi connectivity index (χ4v) is 2.00. The summed E-state index contributed by atoms with van der Waals surface area (Å²) in [4.78, 5) is 0. The Balaban J connectivity index is 1.59. The Morgan fingerprint density at radius 3 is 2.32 bits per heavy atom. The van der Waals surface area contributed by atoms with Gasteiger partial charge in [0.15, 0.2) is 11.6 Å². The van der Waals surface area contributed by atoms with Gasteiger partial charge >= 0.3 is 0 Å². The maximum atomic E-state index is 13.3. The van der Waals surface area contributed by atoms with Crippen molar-refractivity contribution in [2.75, 3.05) is 6.61 Å². The Morgan fingerprint density at radius 1 is 0.789 bits per heavy atom. The minimum atomic E-state index is -0.285. The van der Waals surface area contributed by atoms with Gasteiger partial charge in [0.2, 0.25) is 0 Å². The van der Waals surface area contributed by atoms with Gasteiger partial charge in [-0.05, 0) is 43.4 Å². The Kier molecular flexibility index (Phi) is 5.42. The fourth-order valence-electron chi connectivity index (χ4n) is 2.00. The number of benzene rings is 2. The summed E-state index contributed by atoms with van der Waals surface area (Å²) in [6.45, 7) is 0.579. The summed E-state index contributed by atoms with van der Waals surface area (Å²) in [5.74, 6) is 0.0670. The second-order valence-electron chi connectivity index (χ2n) is 4.58. The third-order valence-electron chi connectivity index (χ3n) is 3.05. The van der Waals surface area contributed by atoms with Crippen molar-refractivity contribution < 1.29 is 9.13 Å². The monoisotopic (exact) mass is 258 g/mol. The maximum Gasteiger partial charge on any atom is 0.165 e. The van der Waals surface area contributed by atoms with Crippen molar-refractivity contribution in [3.63, 3.8) is 0 Å². The van der Waals surface area contributed by atoms with Crippen LogP contribution in [0.25, 0.3) is 0 Å². The van der Waals surface area contributed by atoms with E-state index in [1.54, 1.807) is 18.2 Å². The summed E-state index contributed by atoms with van der Waals surface area (Å²) in [6.07, 6.45) is 4.30. The van der Waals surface area contributed by atoms with Crippen LogP contribution in [0.15, 0.2) is 54.6 Å². The average Bonchev–Trinajstić information content (AvgIpc) is 2.45. The van der Waals surface area contributed by atoms with E-state index in [1.807, 2.05) is 6.07 Å². The molecule has 0 heterocycles. The van der Waals surface area contributed by atoms with E-state index in [0.29, 0.717) is 12.4 Å². The molecule has 2 aromatic rings. The van der Waals surface area contributed by atoms with E-state index in [9.17, 15) is 4.39 Å². The Hall–Kier alpha value is -1.83. The molecule has 2 heteroatoms. The van der Waals surface area contributed by atoms with Crippen molar-refractivity contribution in [2.45, 2.75) is 25.7 Å². The standard InChI is InChI=1S/C17H19FO/c18-16-12-6-7-13-17(16)19-14-8-2-5-11-15-9-3-1-4-10-15/h1,3-4,6-7,9-10,12-13H,2,5,8,11,14H2. The van der Waals surface area contributed by atoms with Gasteiger partial charge in [0.1, 0.15) is 0 Å². The van der Waals surface area contributed by atoms with Crippen molar-refractivity contribution in [1.82, 2.24) is 0 Å². The van der Waals surface area contributed by atoms with E-state index in [4.69, 9.17) is 4.74 Å². The molecule has 0 saturated carbocycles. The third-order valence-corrected chi connectivity index (χ3v) is 3.05. The quantitative estimate of drug-likeness (QED) is 0.658. The zero-order chi connectivity index (χ0) is 13.3. The predicted octanol–water partition coefficient (Wildman–Crippen LogP) is 4.62. The Morgan fingerprint density at radius 2 is 1.53 bits per heavy atom. The number of rotatable bonds is 7. The molecule has 0 aromatic heterocycles. The molecule has 0 bridgehead atoms. The molecular formula is C17H19FO. The summed E-state index contributed by atoms with van der Waals surface area (Å²) in [5, 5.41) is 0. The van der Waals surface area contributed by atoms with Gasteiger partial charge in [-0.15, -0.1) is 0 Å². The van der Waals surface area contributed by atoms with Crippen LogP contribution < -0.4 is 4.74 Å². The van der Waals surface area contributed by atoms with Gasteiger partial charge < -0.3 is 4.74 Å². The molecular weight excluding hydrogens is 239 g/mol. The first-order chi connectivity index (χ1) is 9.36. The van der Waals surface area contributed by atoms with Gasteiger partial charge in [0.05, 0.1) is 6.61 Å². The molecule has 0 N–H and O–H groups in total. The first-order valence-corrected chi connectivity index (χ1v) is 6.77. The molecule has 100 valence electrons. The third kappa shape index (κ3) is 4.74. The lowest BCUT2D eigenvalue weighted by molar-refractivity contribution is 0.291. The van der Waals surface area contributed by atoms with Gasteiger partial charge in [0.25, 0.3) is 0 Å². The van der Waals surface area contributed by atoms with E-state index in [1.165, 1.54) is 11.6 Å². The van der Waals surface area contributed by atoms with E-state index < -0.39 is 0 Å². The van der Waals surface area contributed by atoms with E-state index in [0.717, 1.165) is 25.7 Å². The number of hydrogen-bond acceptors (Lipinski definition) is 1. The van der Waals surface area contributed by atoms with Crippen LogP contribution in [0.1, 0.15) is 24.8 Å². The van der Waals surface area contributed by atoms with Crippen LogP contribution in [0.2, 0.25) is 0 Å². The number of aryl methyl sites for hydroxylation is 1. The summed E-state index contributed by atoms with van der Waals surface area (Å²) in [7, 11) is 0. The number of ether oxygens (including phenoxy) is 1. The lowest BCUT2D eigenvalue weighted by Gasteiger charge is -2.06. The van der Waals surface area contributed by atoms with Crippen LogP contribution in [0.5, 0.6) is 5.75 Å². The minimum absolute atomic E-state index is 0.285. The lowest BCUT2D eigenvalue weighted by Crippen LogP contribution is -1.99. The van der Waals surface area contributed by atoms with Crippen LogP contribution in [-0.2, 0) is 6.42 Å². The van der Waals surface area contributed by atoms with E-state index in [2.05, 4.69) is 24.3 Å².